The van der Waals surface area contributed by atoms with Crippen molar-refractivity contribution < 1.29 is 13.2 Å². The van der Waals surface area contributed by atoms with E-state index < -0.39 is 10.0 Å². The van der Waals surface area contributed by atoms with Crippen molar-refractivity contribution in [3.8, 4) is 0 Å². The summed E-state index contributed by atoms with van der Waals surface area (Å²) in [6.07, 6.45) is 1.43. The van der Waals surface area contributed by atoms with Crippen LogP contribution in [0.3, 0.4) is 0 Å². The Morgan fingerprint density at radius 1 is 1.27 bits per heavy atom. The van der Waals surface area contributed by atoms with E-state index in [1.54, 1.807) is 17.5 Å². The summed E-state index contributed by atoms with van der Waals surface area (Å²) >= 11 is 1.21. The summed E-state index contributed by atoms with van der Waals surface area (Å²) in [4.78, 5) is 12.6. The molecule has 26 heavy (non-hydrogen) atoms. The molecule has 2 aromatic rings. The molecule has 1 N–H and O–H groups in total. The van der Waals surface area contributed by atoms with Crippen molar-refractivity contribution in [3.63, 3.8) is 0 Å². The van der Waals surface area contributed by atoms with Gasteiger partial charge in [0.1, 0.15) is 4.21 Å². The molecule has 3 rings (SSSR count). The number of thiophene rings is 1. The number of nitrogens with one attached hydrogen (secondary N) is 1. The molecule has 1 aromatic carbocycles. The maximum atomic E-state index is 12.7. The third kappa shape index (κ3) is 4.34. The second-order valence-electron chi connectivity index (χ2n) is 6.69. The third-order valence-corrected chi connectivity index (χ3v) is 8.03. The van der Waals surface area contributed by atoms with Gasteiger partial charge in [0.2, 0.25) is 5.91 Å². The predicted molar refractivity (Wildman–Crippen MR) is 104 cm³/mol. The van der Waals surface area contributed by atoms with Gasteiger partial charge in [-0.3, -0.25) is 4.79 Å². The van der Waals surface area contributed by atoms with Crippen LogP contribution in [0.1, 0.15) is 31.2 Å². The number of nitrogens with zero attached hydrogens (tertiary/aromatic N) is 1. The molecule has 0 radical (unpaired) electrons. The SMILES string of the molecule is C[C@H](CNC(=O)[C@H]1CCCN(S(=O)(=O)c2cccs2)C1)c1ccccc1. The van der Waals surface area contributed by atoms with Crippen LogP contribution in [0, 0.1) is 5.92 Å². The zero-order valence-electron chi connectivity index (χ0n) is 14.8. The number of sulfonamides is 1. The monoisotopic (exact) mass is 392 g/mol. The smallest absolute Gasteiger partial charge is 0.252 e. The van der Waals surface area contributed by atoms with Crippen LogP contribution in [0.5, 0.6) is 0 Å². The van der Waals surface area contributed by atoms with Crippen LogP contribution < -0.4 is 5.32 Å². The minimum Gasteiger partial charge on any atom is -0.355 e. The molecule has 1 saturated heterocycles. The lowest BCUT2D eigenvalue weighted by atomic mass is 9.97. The first kappa shape index (κ1) is 19.1. The summed E-state index contributed by atoms with van der Waals surface area (Å²) in [6, 6.07) is 13.4. The Balaban J connectivity index is 1.58. The second-order valence-corrected chi connectivity index (χ2v) is 9.80. The molecule has 7 heteroatoms. The lowest BCUT2D eigenvalue weighted by Crippen LogP contribution is -2.45. The molecule has 2 heterocycles. The fraction of sp³-hybridized carbons (Fsp3) is 0.421. The molecule has 1 aliphatic heterocycles. The highest BCUT2D eigenvalue weighted by Crippen LogP contribution is 2.26. The topological polar surface area (TPSA) is 66.5 Å². The van der Waals surface area contributed by atoms with Gasteiger partial charge in [-0.25, -0.2) is 8.42 Å². The number of amides is 1. The number of hydrogen-bond acceptors (Lipinski definition) is 4. The van der Waals surface area contributed by atoms with Crippen LogP contribution in [0.15, 0.2) is 52.1 Å². The quantitative estimate of drug-likeness (QED) is 0.822. The molecule has 1 aromatic heterocycles. The Labute approximate surface area is 159 Å². The van der Waals surface area contributed by atoms with E-state index in [1.807, 2.05) is 30.3 Å². The van der Waals surface area contributed by atoms with Gasteiger partial charge in [-0.2, -0.15) is 4.31 Å². The molecular weight excluding hydrogens is 368 g/mol. The Morgan fingerprint density at radius 3 is 2.73 bits per heavy atom. The molecular formula is C19H24N2O3S2. The number of benzene rings is 1. The van der Waals surface area contributed by atoms with Crippen LogP contribution in [0.2, 0.25) is 0 Å². The largest absolute Gasteiger partial charge is 0.355 e. The van der Waals surface area contributed by atoms with Crippen molar-refractivity contribution in [1.82, 2.24) is 9.62 Å². The van der Waals surface area contributed by atoms with Gasteiger partial charge >= 0.3 is 0 Å². The highest BCUT2D eigenvalue weighted by atomic mass is 32.2. The first-order valence-electron chi connectivity index (χ1n) is 8.85. The molecule has 0 unspecified atom stereocenters. The first-order chi connectivity index (χ1) is 12.5. The Hall–Kier alpha value is -1.70. The van der Waals surface area contributed by atoms with Crippen molar-refractivity contribution >= 4 is 27.3 Å². The molecule has 1 fully saturated rings. The molecule has 140 valence electrons. The summed E-state index contributed by atoms with van der Waals surface area (Å²) in [6.45, 7) is 3.36. The third-order valence-electron chi connectivity index (χ3n) is 4.80. The zero-order valence-corrected chi connectivity index (χ0v) is 16.4. The average molecular weight is 393 g/mol. The second kappa shape index (κ2) is 8.33. The van der Waals surface area contributed by atoms with E-state index in [9.17, 15) is 13.2 Å². The van der Waals surface area contributed by atoms with E-state index in [-0.39, 0.29) is 24.3 Å². The fourth-order valence-electron chi connectivity index (χ4n) is 3.21. The number of carbonyl (C=O) groups excluding carboxylic acids is 1. The van der Waals surface area contributed by atoms with Crippen molar-refractivity contribution in [1.29, 1.82) is 0 Å². The van der Waals surface area contributed by atoms with Gasteiger partial charge in [0, 0.05) is 19.6 Å². The highest BCUT2D eigenvalue weighted by Gasteiger charge is 2.33. The van der Waals surface area contributed by atoms with E-state index in [0.717, 1.165) is 6.42 Å². The number of rotatable bonds is 6. The van der Waals surface area contributed by atoms with Gasteiger partial charge in [-0.05, 0) is 35.8 Å². The first-order valence-corrected chi connectivity index (χ1v) is 11.2. The molecule has 2 atom stereocenters. The minimum absolute atomic E-state index is 0.0566. The summed E-state index contributed by atoms with van der Waals surface area (Å²) in [5.74, 6) is -0.130. The standard InChI is InChI=1S/C19H24N2O3S2/c1-15(16-7-3-2-4-8-16)13-20-19(22)17-9-5-11-21(14-17)26(23,24)18-10-6-12-25-18/h2-4,6-8,10,12,15,17H,5,9,11,13-14H2,1H3,(H,20,22)/t15-,17+/m1/s1. The van der Waals surface area contributed by atoms with E-state index in [4.69, 9.17) is 0 Å². The van der Waals surface area contributed by atoms with E-state index in [0.29, 0.717) is 23.7 Å². The van der Waals surface area contributed by atoms with Gasteiger partial charge < -0.3 is 5.32 Å². The summed E-state index contributed by atoms with van der Waals surface area (Å²) in [5.41, 5.74) is 1.18. The number of piperidine rings is 1. The van der Waals surface area contributed by atoms with Gasteiger partial charge in [-0.15, -0.1) is 11.3 Å². The molecule has 0 aliphatic carbocycles. The van der Waals surface area contributed by atoms with E-state index in [2.05, 4.69) is 12.2 Å². The lowest BCUT2D eigenvalue weighted by molar-refractivity contribution is -0.126. The Morgan fingerprint density at radius 2 is 2.04 bits per heavy atom. The van der Waals surface area contributed by atoms with Crippen LogP contribution in [-0.4, -0.2) is 38.3 Å². The molecule has 1 aliphatic rings. The van der Waals surface area contributed by atoms with E-state index >= 15 is 0 Å². The summed E-state index contributed by atoms with van der Waals surface area (Å²) < 4.78 is 27.1. The summed E-state index contributed by atoms with van der Waals surface area (Å²) in [5, 5.41) is 4.76. The maximum Gasteiger partial charge on any atom is 0.252 e. The molecule has 0 saturated carbocycles. The molecule has 1 amide bonds. The van der Waals surface area contributed by atoms with Gasteiger partial charge in [-0.1, -0.05) is 43.3 Å². The lowest BCUT2D eigenvalue weighted by Gasteiger charge is -2.31. The van der Waals surface area contributed by atoms with Gasteiger partial charge in [0.15, 0.2) is 0 Å². The van der Waals surface area contributed by atoms with Crippen molar-refractivity contribution in [2.45, 2.75) is 29.9 Å². The van der Waals surface area contributed by atoms with Gasteiger partial charge in [0.25, 0.3) is 10.0 Å². The van der Waals surface area contributed by atoms with Crippen LogP contribution in [0.4, 0.5) is 0 Å². The van der Waals surface area contributed by atoms with Crippen molar-refractivity contribution in [3.05, 3.63) is 53.4 Å². The zero-order chi connectivity index (χ0) is 18.6. The Kier molecular flexibility index (Phi) is 6.11. The number of carbonyl (C=O) groups is 1. The maximum absolute atomic E-state index is 12.7. The average Bonchev–Trinajstić information content (AvgIpc) is 3.22. The highest BCUT2D eigenvalue weighted by molar-refractivity contribution is 7.91. The van der Waals surface area contributed by atoms with E-state index in [1.165, 1.54) is 21.2 Å². The molecule has 0 spiro atoms. The fourth-order valence-corrected chi connectivity index (χ4v) is 5.88. The van der Waals surface area contributed by atoms with Crippen molar-refractivity contribution in [2.75, 3.05) is 19.6 Å². The van der Waals surface area contributed by atoms with Crippen LogP contribution in [-0.2, 0) is 14.8 Å². The Bertz CT molecular complexity index is 820. The van der Waals surface area contributed by atoms with Crippen LogP contribution in [0.25, 0.3) is 0 Å². The normalized spacial score (nSPS) is 19.8. The summed E-state index contributed by atoms with van der Waals surface area (Å²) in [7, 11) is -3.49. The number of hydrogen-bond donors (Lipinski definition) is 1. The van der Waals surface area contributed by atoms with Crippen LogP contribution >= 0.6 is 11.3 Å². The molecule has 5 nitrogen and oxygen atoms in total. The van der Waals surface area contributed by atoms with Crippen molar-refractivity contribution in [2.24, 2.45) is 5.92 Å². The predicted octanol–water partition coefficient (Wildman–Crippen LogP) is 3.07. The minimum atomic E-state index is -3.49. The molecule has 0 bridgehead atoms. The van der Waals surface area contributed by atoms with Gasteiger partial charge in [0.05, 0.1) is 5.92 Å².